The molecular formula is C8H12O2. The zero-order valence-corrected chi connectivity index (χ0v) is 6.03. The quantitative estimate of drug-likeness (QED) is 0.397. The van der Waals surface area contributed by atoms with Gasteiger partial charge in [0.05, 0.1) is 12.2 Å². The largest absolute Gasteiger partial charge is 0.389 e. The third-order valence-electron chi connectivity index (χ3n) is 2.26. The summed E-state index contributed by atoms with van der Waals surface area (Å²) in [7, 11) is 0. The maximum absolute atomic E-state index is 9.26. The van der Waals surface area contributed by atoms with Crippen LogP contribution in [0.15, 0.2) is 12.2 Å². The lowest BCUT2D eigenvalue weighted by atomic mass is 10.0. The first-order valence-corrected chi connectivity index (χ1v) is 3.79. The highest BCUT2D eigenvalue weighted by Gasteiger charge is 2.42. The van der Waals surface area contributed by atoms with Gasteiger partial charge in [0.1, 0.15) is 6.10 Å². The Balaban J connectivity index is 2.08. The van der Waals surface area contributed by atoms with Gasteiger partial charge < -0.3 is 9.84 Å². The van der Waals surface area contributed by atoms with E-state index in [9.17, 15) is 5.11 Å². The van der Waals surface area contributed by atoms with Gasteiger partial charge in [-0.2, -0.15) is 0 Å². The van der Waals surface area contributed by atoms with E-state index in [0.717, 1.165) is 6.42 Å². The average Bonchev–Trinajstić information content (AvgIpc) is 2.59. The van der Waals surface area contributed by atoms with E-state index in [1.807, 2.05) is 12.2 Å². The van der Waals surface area contributed by atoms with Gasteiger partial charge >= 0.3 is 0 Å². The molecule has 1 aliphatic carbocycles. The number of aliphatic hydroxyl groups excluding tert-OH is 1. The van der Waals surface area contributed by atoms with E-state index in [4.69, 9.17) is 4.74 Å². The summed E-state index contributed by atoms with van der Waals surface area (Å²) in [5.74, 6) is 0.509. The van der Waals surface area contributed by atoms with Gasteiger partial charge in [-0.25, -0.2) is 0 Å². The van der Waals surface area contributed by atoms with Crippen LogP contribution in [0.2, 0.25) is 0 Å². The summed E-state index contributed by atoms with van der Waals surface area (Å²) < 4.78 is 5.32. The van der Waals surface area contributed by atoms with Gasteiger partial charge in [-0.1, -0.05) is 19.1 Å². The minimum absolute atomic E-state index is 0.244. The number of aliphatic hydroxyl groups is 1. The fraction of sp³-hybridized carbons (Fsp3) is 0.750. The Morgan fingerprint density at radius 2 is 2.30 bits per heavy atom. The lowest BCUT2D eigenvalue weighted by Gasteiger charge is -2.08. The van der Waals surface area contributed by atoms with E-state index in [-0.39, 0.29) is 6.10 Å². The van der Waals surface area contributed by atoms with E-state index < -0.39 is 0 Å². The Morgan fingerprint density at radius 3 is 3.10 bits per heavy atom. The van der Waals surface area contributed by atoms with Crippen molar-refractivity contribution >= 4 is 0 Å². The molecule has 1 N–H and O–H groups in total. The van der Waals surface area contributed by atoms with Crippen molar-refractivity contribution in [2.75, 3.05) is 0 Å². The van der Waals surface area contributed by atoms with E-state index in [1.54, 1.807) is 0 Å². The summed E-state index contributed by atoms with van der Waals surface area (Å²) in [5, 5.41) is 9.26. The summed E-state index contributed by atoms with van der Waals surface area (Å²) in [5.41, 5.74) is 0. The third-order valence-corrected chi connectivity index (χ3v) is 2.26. The van der Waals surface area contributed by atoms with Crippen molar-refractivity contribution in [1.29, 1.82) is 0 Å². The molecule has 2 aliphatic rings. The van der Waals surface area contributed by atoms with Crippen molar-refractivity contribution in [2.24, 2.45) is 5.92 Å². The van der Waals surface area contributed by atoms with Crippen LogP contribution >= 0.6 is 0 Å². The lowest BCUT2D eigenvalue weighted by molar-refractivity contribution is 0.176. The molecule has 1 heterocycles. The molecule has 0 spiro atoms. The van der Waals surface area contributed by atoms with Crippen LogP contribution in [-0.4, -0.2) is 23.4 Å². The second-order valence-electron chi connectivity index (χ2n) is 3.23. The molecule has 2 rings (SSSR count). The molecule has 56 valence electrons. The molecule has 4 atom stereocenters. The van der Waals surface area contributed by atoms with E-state index >= 15 is 0 Å². The predicted molar refractivity (Wildman–Crippen MR) is 37.6 cm³/mol. The minimum Gasteiger partial charge on any atom is -0.389 e. The Bertz CT molecular complexity index is 161. The van der Waals surface area contributed by atoms with Crippen LogP contribution in [0, 0.1) is 5.92 Å². The lowest BCUT2D eigenvalue weighted by Crippen LogP contribution is -2.11. The summed E-state index contributed by atoms with van der Waals surface area (Å²) in [6.07, 6.45) is 5.12. The number of rotatable bonds is 0. The molecule has 1 saturated heterocycles. The first-order chi connectivity index (χ1) is 4.77. The summed E-state index contributed by atoms with van der Waals surface area (Å²) in [6, 6.07) is 0. The zero-order chi connectivity index (χ0) is 7.14. The minimum atomic E-state index is -0.244. The molecule has 0 amide bonds. The summed E-state index contributed by atoms with van der Waals surface area (Å²) in [6.45, 7) is 2.13. The normalized spacial score (nSPS) is 51.8. The Kier molecular flexibility index (Phi) is 1.32. The van der Waals surface area contributed by atoms with E-state index in [0.29, 0.717) is 18.1 Å². The summed E-state index contributed by atoms with van der Waals surface area (Å²) in [4.78, 5) is 0. The van der Waals surface area contributed by atoms with E-state index in [2.05, 4.69) is 6.92 Å². The first-order valence-electron chi connectivity index (χ1n) is 3.79. The number of hydrogen-bond donors (Lipinski definition) is 1. The number of ether oxygens (including phenoxy) is 1. The summed E-state index contributed by atoms with van der Waals surface area (Å²) >= 11 is 0. The van der Waals surface area contributed by atoms with Crippen LogP contribution < -0.4 is 0 Å². The highest BCUT2D eigenvalue weighted by atomic mass is 16.6. The van der Waals surface area contributed by atoms with Crippen molar-refractivity contribution in [2.45, 2.75) is 31.7 Å². The third kappa shape index (κ3) is 0.976. The van der Waals surface area contributed by atoms with Crippen molar-refractivity contribution in [3.63, 3.8) is 0 Å². The molecule has 0 saturated carbocycles. The van der Waals surface area contributed by atoms with Crippen LogP contribution in [0.1, 0.15) is 13.3 Å². The van der Waals surface area contributed by atoms with Gasteiger partial charge in [-0.3, -0.25) is 0 Å². The van der Waals surface area contributed by atoms with Crippen molar-refractivity contribution in [3.05, 3.63) is 12.2 Å². The van der Waals surface area contributed by atoms with E-state index in [1.165, 1.54) is 0 Å². The number of hydrogen-bond acceptors (Lipinski definition) is 2. The molecule has 0 aromatic carbocycles. The van der Waals surface area contributed by atoms with Gasteiger partial charge in [0.2, 0.25) is 0 Å². The van der Waals surface area contributed by atoms with Gasteiger partial charge in [-0.05, 0) is 12.3 Å². The highest BCUT2D eigenvalue weighted by molar-refractivity contribution is 5.09. The molecular weight excluding hydrogens is 128 g/mol. The SMILES string of the molecule is CC1CC(O)C=CC2OC12. The second kappa shape index (κ2) is 2.07. The topological polar surface area (TPSA) is 32.8 Å². The maximum Gasteiger partial charge on any atom is 0.103 e. The smallest absolute Gasteiger partial charge is 0.103 e. The fourth-order valence-electron chi connectivity index (χ4n) is 1.58. The highest BCUT2D eigenvalue weighted by Crippen LogP contribution is 2.35. The maximum atomic E-state index is 9.26. The van der Waals surface area contributed by atoms with Gasteiger partial charge in [0.25, 0.3) is 0 Å². The molecule has 10 heavy (non-hydrogen) atoms. The Hall–Kier alpha value is -0.340. The first kappa shape index (κ1) is 6.38. The van der Waals surface area contributed by atoms with Gasteiger partial charge in [0, 0.05) is 0 Å². The van der Waals surface area contributed by atoms with Crippen LogP contribution in [-0.2, 0) is 4.74 Å². The van der Waals surface area contributed by atoms with Gasteiger partial charge in [-0.15, -0.1) is 0 Å². The second-order valence-corrected chi connectivity index (χ2v) is 3.23. The Labute approximate surface area is 60.5 Å². The van der Waals surface area contributed by atoms with Crippen LogP contribution in [0.4, 0.5) is 0 Å². The molecule has 0 bridgehead atoms. The fourth-order valence-corrected chi connectivity index (χ4v) is 1.58. The predicted octanol–water partition coefficient (Wildman–Crippen LogP) is 0.711. The average molecular weight is 140 g/mol. The molecule has 0 aromatic heterocycles. The molecule has 0 aromatic rings. The zero-order valence-electron chi connectivity index (χ0n) is 6.03. The van der Waals surface area contributed by atoms with Crippen LogP contribution in [0.25, 0.3) is 0 Å². The van der Waals surface area contributed by atoms with Gasteiger partial charge in [0.15, 0.2) is 0 Å². The van der Waals surface area contributed by atoms with Crippen LogP contribution in [0.3, 0.4) is 0 Å². The molecule has 4 unspecified atom stereocenters. The number of fused-ring (bicyclic) bond motifs is 1. The molecule has 0 radical (unpaired) electrons. The molecule has 1 fully saturated rings. The molecule has 1 aliphatic heterocycles. The van der Waals surface area contributed by atoms with Crippen LogP contribution in [0.5, 0.6) is 0 Å². The van der Waals surface area contributed by atoms with Crippen molar-refractivity contribution in [3.8, 4) is 0 Å². The number of epoxide rings is 1. The standard InChI is InChI=1S/C8H12O2/c1-5-4-6(9)2-3-7-8(5)10-7/h2-3,5-9H,4H2,1H3. The molecule has 2 heteroatoms. The van der Waals surface area contributed by atoms with Crippen molar-refractivity contribution in [1.82, 2.24) is 0 Å². The molecule has 2 nitrogen and oxygen atoms in total. The monoisotopic (exact) mass is 140 g/mol. The Morgan fingerprint density at radius 1 is 1.50 bits per heavy atom. The van der Waals surface area contributed by atoms with Crippen molar-refractivity contribution < 1.29 is 9.84 Å².